The molecule has 0 radical (unpaired) electrons. The van der Waals surface area contributed by atoms with Crippen molar-refractivity contribution in [3.63, 3.8) is 0 Å². The summed E-state index contributed by atoms with van der Waals surface area (Å²) in [5.74, 6) is -4.72. The minimum Gasteiger partial charge on any atom is -0.497 e. The number of nitrogens with zero attached hydrogens (tertiary/aromatic N) is 7. The van der Waals surface area contributed by atoms with Crippen LogP contribution in [0.5, 0.6) is 17.2 Å². The van der Waals surface area contributed by atoms with Crippen LogP contribution < -0.4 is 24.6 Å². The van der Waals surface area contributed by atoms with Gasteiger partial charge in [-0.25, -0.2) is 26.4 Å². The first kappa shape index (κ1) is 44.7. The van der Waals surface area contributed by atoms with Crippen molar-refractivity contribution in [2.75, 3.05) is 74.7 Å². The van der Waals surface area contributed by atoms with Crippen LogP contribution in [-0.2, 0) is 28.2 Å². The Labute approximate surface area is 378 Å². The number of amides is 5. The van der Waals surface area contributed by atoms with Crippen LogP contribution >= 0.6 is 0 Å². The second kappa shape index (κ2) is 17.4. The monoisotopic (exact) mass is 928 g/mol. The van der Waals surface area contributed by atoms with Gasteiger partial charge < -0.3 is 14.4 Å². The first-order chi connectivity index (χ1) is 31.5. The summed E-state index contributed by atoms with van der Waals surface area (Å²) in [6, 6.07) is 18.3. The van der Waals surface area contributed by atoms with E-state index >= 15 is 13.2 Å². The molecule has 1 unspecified atom stereocenters. The number of sulfone groups is 1. The number of aryl methyl sites for hydroxylation is 1. The fourth-order valence-electron chi connectivity index (χ4n) is 9.37. The molecule has 0 saturated carbocycles. The van der Waals surface area contributed by atoms with Crippen LogP contribution in [0.15, 0.2) is 78.9 Å². The number of benzene rings is 4. The molecule has 5 amide bonds. The molecule has 4 aromatic carbocycles. The Morgan fingerprint density at radius 1 is 0.864 bits per heavy atom. The number of piperidine rings is 1. The zero-order valence-electron chi connectivity index (χ0n) is 36.4. The van der Waals surface area contributed by atoms with E-state index in [2.05, 4.69) is 10.4 Å². The van der Waals surface area contributed by atoms with Crippen molar-refractivity contribution in [1.29, 1.82) is 0 Å². The maximum Gasteiger partial charge on any atom is 0.329 e. The van der Waals surface area contributed by atoms with E-state index in [0.29, 0.717) is 66.4 Å². The Kier molecular flexibility index (Phi) is 11.8. The van der Waals surface area contributed by atoms with E-state index in [-0.39, 0.29) is 48.6 Å². The number of ether oxygens (including phenoxy) is 2. The van der Waals surface area contributed by atoms with Crippen molar-refractivity contribution < 1.29 is 50.2 Å². The number of hydrogen-bond acceptors (Lipinski definition) is 12. The normalized spacial score (nSPS) is 19.9. The Balaban J connectivity index is 0.796. The highest BCUT2D eigenvalue weighted by Gasteiger charge is 2.48. The number of urea groups is 1. The summed E-state index contributed by atoms with van der Waals surface area (Å²) in [5.41, 5.74) is 2.74. The Morgan fingerprint density at radius 2 is 1.56 bits per heavy atom. The third kappa shape index (κ3) is 8.79. The molecule has 1 aromatic heterocycles. The van der Waals surface area contributed by atoms with Crippen LogP contribution in [0.25, 0.3) is 10.9 Å². The second-order valence-corrected chi connectivity index (χ2v) is 19.3. The third-order valence-corrected chi connectivity index (χ3v) is 13.6. The molecule has 9 rings (SSSR count). The molecule has 66 heavy (non-hydrogen) atoms. The molecule has 4 aliphatic heterocycles. The van der Waals surface area contributed by atoms with Crippen LogP contribution in [0, 0.1) is 5.82 Å². The number of nitrogens with one attached hydrogen (secondary N) is 1. The number of halogens is 3. The number of carbonyl (C=O) groups is 4. The molecule has 16 nitrogen and oxygen atoms in total. The molecule has 5 heterocycles. The van der Waals surface area contributed by atoms with E-state index < -0.39 is 69.7 Å². The van der Waals surface area contributed by atoms with Crippen molar-refractivity contribution in [3.05, 3.63) is 107 Å². The summed E-state index contributed by atoms with van der Waals surface area (Å²) in [7, 11) is -0.476. The molecule has 3 saturated heterocycles. The van der Waals surface area contributed by atoms with Gasteiger partial charge in [-0.2, -0.15) is 5.10 Å². The topological polar surface area (TPSA) is 167 Å². The van der Waals surface area contributed by atoms with Gasteiger partial charge >= 0.3 is 6.03 Å². The number of anilines is 2. The molecule has 0 spiro atoms. The lowest BCUT2D eigenvalue weighted by atomic mass is 9.97. The quantitative estimate of drug-likeness (QED) is 0.159. The van der Waals surface area contributed by atoms with Gasteiger partial charge in [-0.1, -0.05) is 24.3 Å². The average Bonchev–Trinajstić information content (AvgIpc) is 3.72. The molecular weight excluding hydrogens is 882 g/mol. The highest BCUT2D eigenvalue weighted by atomic mass is 32.2. The smallest absolute Gasteiger partial charge is 0.329 e. The predicted molar refractivity (Wildman–Crippen MR) is 237 cm³/mol. The van der Waals surface area contributed by atoms with Gasteiger partial charge in [-0.05, 0) is 66.1 Å². The summed E-state index contributed by atoms with van der Waals surface area (Å²) in [6.07, 6.45) is 1.40. The zero-order chi connectivity index (χ0) is 46.7. The molecule has 2 atom stereocenters. The van der Waals surface area contributed by atoms with Gasteiger partial charge in [0.1, 0.15) is 21.3 Å². The molecule has 4 aliphatic rings. The van der Waals surface area contributed by atoms with E-state index in [1.165, 1.54) is 28.8 Å². The van der Waals surface area contributed by atoms with Gasteiger partial charge in [0.25, 0.3) is 17.7 Å². The molecule has 0 bridgehead atoms. The predicted octanol–water partition coefficient (Wildman–Crippen LogP) is 5.37. The third-order valence-electron chi connectivity index (χ3n) is 12.7. The number of hydrogen-bond donors (Lipinski definition) is 1. The summed E-state index contributed by atoms with van der Waals surface area (Å²) in [6.45, 7) is 1.95. The lowest BCUT2D eigenvalue weighted by Gasteiger charge is -2.46. The first-order valence-electron chi connectivity index (χ1n) is 21.4. The summed E-state index contributed by atoms with van der Waals surface area (Å²) < 4.78 is 84.8. The Hall–Kier alpha value is -6.51. The first-order valence-corrected chi connectivity index (χ1v) is 23.5. The molecule has 5 aromatic rings. The van der Waals surface area contributed by atoms with Crippen molar-refractivity contribution in [3.8, 4) is 17.2 Å². The number of imide groups is 2. The highest BCUT2D eigenvalue weighted by molar-refractivity contribution is 7.90. The Morgan fingerprint density at radius 3 is 2.23 bits per heavy atom. The van der Waals surface area contributed by atoms with Crippen LogP contribution in [0.3, 0.4) is 0 Å². The maximum atomic E-state index is 15.9. The average molecular weight is 929 g/mol. The summed E-state index contributed by atoms with van der Waals surface area (Å²) in [5, 5.41) is 7.01. The van der Waals surface area contributed by atoms with Gasteiger partial charge in [0.15, 0.2) is 17.4 Å². The molecule has 1 N–H and O–H groups in total. The molecule has 20 heteroatoms. The SMILES string of the molecule is COc1ccc(C(CS(C)(=O)=O)N2C(=O)c3ccc(N4CCN([C@H]5CCN(Cc6ccc(Oc7cc8c(cc7F)c(N7CCC(=O)NC7=O)nn8C)cc6)CC5(F)F)CC4)cc3C2=O)cc1. The summed E-state index contributed by atoms with van der Waals surface area (Å²) in [4.78, 5) is 59.4. The van der Waals surface area contributed by atoms with Crippen molar-refractivity contribution in [1.82, 2.24) is 29.8 Å². The lowest BCUT2D eigenvalue weighted by Crippen LogP contribution is -2.61. The van der Waals surface area contributed by atoms with E-state index in [9.17, 15) is 27.6 Å². The largest absolute Gasteiger partial charge is 0.497 e. The minimum atomic E-state index is -3.62. The fraction of sp³-hybridized carbons (Fsp3) is 0.370. The second-order valence-electron chi connectivity index (χ2n) is 17.1. The van der Waals surface area contributed by atoms with Gasteiger partial charge in [0, 0.05) is 82.7 Å². The van der Waals surface area contributed by atoms with Gasteiger partial charge in [0.05, 0.1) is 48.1 Å². The van der Waals surface area contributed by atoms with Gasteiger partial charge in [-0.3, -0.25) is 44.0 Å². The van der Waals surface area contributed by atoms with Gasteiger partial charge in [0.2, 0.25) is 5.91 Å². The van der Waals surface area contributed by atoms with Crippen LogP contribution in [0.2, 0.25) is 0 Å². The van der Waals surface area contributed by atoms with Crippen LogP contribution in [0.4, 0.5) is 29.5 Å². The number of aromatic nitrogens is 2. The fourth-order valence-corrected chi connectivity index (χ4v) is 10.3. The number of rotatable bonds is 12. The number of carbonyl (C=O) groups excluding carboxylic acids is 4. The molecule has 3 fully saturated rings. The Bertz CT molecular complexity index is 2850. The lowest BCUT2D eigenvalue weighted by molar-refractivity contribution is -0.129. The van der Waals surface area contributed by atoms with Crippen LogP contribution in [-0.4, -0.2) is 134 Å². The number of likely N-dealkylation sites (tertiary alicyclic amines) is 1. The number of alkyl halides is 2. The van der Waals surface area contributed by atoms with Crippen molar-refractivity contribution in [2.45, 2.75) is 37.4 Å². The number of fused-ring (bicyclic) bond motifs is 2. The molecular formula is C46H47F3N8O8S. The van der Waals surface area contributed by atoms with Crippen molar-refractivity contribution >= 4 is 56.0 Å². The number of piperazine rings is 1. The standard InChI is InChI=1S/C46H47F3N8O8S/c1-52-37-24-39(36(47)23-35(37)42(51-52)56-17-15-41(58)50-45(56)61)65-32-9-4-28(5-10-32)25-53-16-14-40(46(48,49)27-53)55-20-18-54(19-21-55)30-8-13-33-34(22-30)44(60)57(43(33)59)38(26-66(3,62)63)29-6-11-31(64-2)12-7-29/h4-13,22-24,38,40H,14-21,25-27H2,1-3H3,(H,50,58,61)/t38?,40-/m0/s1. The number of methoxy groups -OCH3 is 1. The zero-order valence-corrected chi connectivity index (χ0v) is 37.2. The molecule has 0 aliphatic carbocycles. The van der Waals surface area contributed by atoms with E-state index in [0.717, 1.165) is 16.7 Å². The highest BCUT2D eigenvalue weighted by Crippen LogP contribution is 2.38. The van der Waals surface area contributed by atoms with Crippen molar-refractivity contribution in [2.24, 2.45) is 7.05 Å². The van der Waals surface area contributed by atoms with E-state index in [1.807, 2.05) is 9.80 Å². The maximum absolute atomic E-state index is 15.9. The molecule has 346 valence electrons. The van der Waals surface area contributed by atoms with Gasteiger partial charge in [-0.15, -0.1) is 0 Å². The minimum absolute atomic E-state index is 0.0702. The van der Waals surface area contributed by atoms with Crippen LogP contribution in [0.1, 0.15) is 50.7 Å². The summed E-state index contributed by atoms with van der Waals surface area (Å²) >= 11 is 0. The van der Waals surface area contributed by atoms with E-state index in [1.54, 1.807) is 78.7 Å². The van der Waals surface area contributed by atoms with E-state index in [4.69, 9.17) is 9.47 Å².